The summed E-state index contributed by atoms with van der Waals surface area (Å²) in [6.07, 6.45) is 0.455. The van der Waals surface area contributed by atoms with Crippen molar-refractivity contribution in [2.75, 3.05) is 0 Å². The molecule has 2 N–H and O–H groups in total. The zero-order chi connectivity index (χ0) is 9.14. The summed E-state index contributed by atoms with van der Waals surface area (Å²) in [5, 5.41) is 17.7. The highest BCUT2D eigenvalue weighted by Crippen LogP contribution is 2.22. The number of rotatable bonds is 3. The summed E-state index contributed by atoms with van der Waals surface area (Å²) >= 11 is 0. The first-order chi connectivity index (χ1) is 5.59. The van der Waals surface area contributed by atoms with Crippen molar-refractivity contribution >= 4 is 5.97 Å². The minimum absolute atomic E-state index is 0.151. The molecule has 0 aromatic rings. The average molecular weight is 174 g/mol. The first-order valence-corrected chi connectivity index (χ1v) is 4.15. The van der Waals surface area contributed by atoms with Crippen LogP contribution in [0.1, 0.15) is 26.2 Å². The summed E-state index contributed by atoms with van der Waals surface area (Å²) in [4.78, 5) is 10.2. The summed E-state index contributed by atoms with van der Waals surface area (Å²) in [6.45, 7) is 1.92. The Balaban J connectivity index is 2.32. The maximum atomic E-state index is 10.2. The number of aliphatic hydroxyl groups excluding tert-OH is 1. The van der Waals surface area contributed by atoms with Crippen molar-refractivity contribution in [1.29, 1.82) is 0 Å². The monoisotopic (exact) mass is 174 g/mol. The molecule has 1 heterocycles. The van der Waals surface area contributed by atoms with E-state index >= 15 is 0 Å². The predicted molar refractivity (Wildman–Crippen MR) is 41.8 cm³/mol. The maximum absolute atomic E-state index is 10.2. The normalized spacial score (nSPS) is 31.8. The van der Waals surface area contributed by atoms with Crippen LogP contribution >= 0.6 is 0 Å². The molecule has 4 heteroatoms. The molecule has 0 aromatic carbocycles. The molecular formula is C8H14O4. The van der Waals surface area contributed by atoms with E-state index in [0.717, 1.165) is 12.8 Å². The molecule has 1 aliphatic heterocycles. The summed E-state index contributed by atoms with van der Waals surface area (Å²) < 4.78 is 5.31. The molecule has 0 aromatic heterocycles. The van der Waals surface area contributed by atoms with Crippen LogP contribution < -0.4 is 0 Å². The third kappa shape index (κ3) is 2.46. The second kappa shape index (κ2) is 3.87. The van der Waals surface area contributed by atoms with Gasteiger partial charge in [0.2, 0.25) is 0 Å². The van der Waals surface area contributed by atoms with Crippen molar-refractivity contribution < 1.29 is 19.7 Å². The van der Waals surface area contributed by atoms with E-state index in [-0.39, 0.29) is 18.6 Å². The van der Waals surface area contributed by atoms with Crippen molar-refractivity contribution in [3.63, 3.8) is 0 Å². The number of carboxylic acid groups (broad SMARTS) is 1. The Morgan fingerprint density at radius 1 is 1.67 bits per heavy atom. The van der Waals surface area contributed by atoms with Gasteiger partial charge in [0.1, 0.15) is 0 Å². The predicted octanol–water partition coefficient (Wildman–Crippen LogP) is 0.389. The quantitative estimate of drug-likeness (QED) is 0.649. The van der Waals surface area contributed by atoms with Crippen molar-refractivity contribution in [3.8, 4) is 0 Å². The minimum Gasteiger partial charge on any atom is -0.481 e. The number of carboxylic acids is 1. The van der Waals surface area contributed by atoms with E-state index in [0.29, 0.717) is 0 Å². The van der Waals surface area contributed by atoms with E-state index in [9.17, 15) is 9.90 Å². The van der Waals surface area contributed by atoms with Gasteiger partial charge in [0.25, 0.3) is 0 Å². The second-order valence-corrected chi connectivity index (χ2v) is 3.23. The zero-order valence-electron chi connectivity index (χ0n) is 7.06. The number of hydrogen-bond acceptors (Lipinski definition) is 3. The number of aliphatic carboxylic acids is 1. The highest BCUT2D eigenvalue weighted by atomic mass is 16.5. The summed E-state index contributed by atoms with van der Waals surface area (Å²) in [6, 6.07) is 0. The van der Waals surface area contributed by atoms with Gasteiger partial charge in [0, 0.05) is 0 Å². The molecule has 0 bridgehead atoms. The van der Waals surface area contributed by atoms with Crippen molar-refractivity contribution in [1.82, 2.24) is 0 Å². The zero-order valence-corrected chi connectivity index (χ0v) is 7.06. The summed E-state index contributed by atoms with van der Waals surface area (Å²) in [7, 11) is 0. The van der Waals surface area contributed by atoms with Gasteiger partial charge in [-0.3, -0.25) is 4.79 Å². The molecule has 0 radical (unpaired) electrons. The van der Waals surface area contributed by atoms with Crippen LogP contribution in [0.2, 0.25) is 0 Å². The van der Waals surface area contributed by atoms with Crippen LogP contribution in [0, 0.1) is 0 Å². The van der Waals surface area contributed by atoms with Gasteiger partial charge in [-0.1, -0.05) is 0 Å². The maximum Gasteiger partial charge on any atom is 0.306 e. The molecule has 3 unspecified atom stereocenters. The van der Waals surface area contributed by atoms with Crippen LogP contribution in [-0.2, 0) is 9.53 Å². The van der Waals surface area contributed by atoms with Crippen LogP contribution in [-0.4, -0.2) is 34.5 Å². The SMILES string of the molecule is CC1CCC(C(O)CC(=O)O)O1. The van der Waals surface area contributed by atoms with Gasteiger partial charge in [-0.25, -0.2) is 0 Å². The molecule has 12 heavy (non-hydrogen) atoms. The van der Waals surface area contributed by atoms with Crippen LogP contribution in [0.25, 0.3) is 0 Å². The molecule has 0 aliphatic carbocycles. The van der Waals surface area contributed by atoms with Crippen molar-refractivity contribution in [3.05, 3.63) is 0 Å². The van der Waals surface area contributed by atoms with Gasteiger partial charge in [-0.15, -0.1) is 0 Å². The molecule has 1 aliphatic rings. The Morgan fingerprint density at radius 3 is 2.75 bits per heavy atom. The topological polar surface area (TPSA) is 66.8 Å². The lowest BCUT2D eigenvalue weighted by atomic mass is 10.1. The highest BCUT2D eigenvalue weighted by Gasteiger charge is 2.29. The smallest absolute Gasteiger partial charge is 0.306 e. The molecule has 3 atom stereocenters. The molecule has 0 amide bonds. The van der Waals surface area contributed by atoms with E-state index in [1.165, 1.54) is 0 Å². The van der Waals surface area contributed by atoms with Gasteiger partial charge >= 0.3 is 5.97 Å². The lowest BCUT2D eigenvalue weighted by Gasteiger charge is -2.16. The van der Waals surface area contributed by atoms with E-state index < -0.39 is 12.1 Å². The molecule has 0 spiro atoms. The number of carbonyl (C=O) groups is 1. The largest absolute Gasteiger partial charge is 0.481 e. The Morgan fingerprint density at radius 2 is 2.33 bits per heavy atom. The van der Waals surface area contributed by atoms with E-state index in [1.54, 1.807) is 0 Å². The standard InChI is InChI=1S/C8H14O4/c1-5-2-3-7(12-5)6(9)4-8(10)11/h5-7,9H,2-4H2,1H3,(H,10,11). The van der Waals surface area contributed by atoms with E-state index in [1.807, 2.05) is 6.92 Å². The summed E-state index contributed by atoms with van der Waals surface area (Å²) in [5.41, 5.74) is 0. The van der Waals surface area contributed by atoms with Gasteiger partial charge in [0.15, 0.2) is 0 Å². The number of aliphatic hydroxyl groups is 1. The van der Waals surface area contributed by atoms with Gasteiger partial charge in [-0.05, 0) is 19.8 Å². The molecule has 1 fully saturated rings. The summed E-state index contributed by atoms with van der Waals surface area (Å²) in [5.74, 6) is -0.981. The molecule has 1 saturated heterocycles. The number of hydrogen-bond donors (Lipinski definition) is 2. The molecule has 0 saturated carbocycles. The molecular weight excluding hydrogens is 160 g/mol. The third-order valence-electron chi connectivity index (χ3n) is 2.08. The lowest BCUT2D eigenvalue weighted by Crippen LogP contribution is -2.28. The fourth-order valence-electron chi connectivity index (χ4n) is 1.43. The molecule has 70 valence electrons. The Kier molecular flexibility index (Phi) is 3.05. The minimum atomic E-state index is -0.981. The van der Waals surface area contributed by atoms with Gasteiger partial charge in [-0.2, -0.15) is 0 Å². The third-order valence-corrected chi connectivity index (χ3v) is 2.08. The highest BCUT2D eigenvalue weighted by molar-refractivity contribution is 5.67. The average Bonchev–Trinajstić information content (AvgIpc) is 2.34. The van der Waals surface area contributed by atoms with E-state index in [2.05, 4.69) is 0 Å². The van der Waals surface area contributed by atoms with Crippen LogP contribution in [0.5, 0.6) is 0 Å². The first-order valence-electron chi connectivity index (χ1n) is 4.15. The fraction of sp³-hybridized carbons (Fsp3) is 0.875. The van der Waals surface area contributed by atoms with Crippen molar-refractivity contribution in [2.24, 2.45) is 0 Å². The number of ether oxygens (including phenoxy) is 1. The second-order valence-electron chi connectivity index (χ2n) is 3.23. The van der Waals surface area contributed by atoms with Crippen molar-refractivity contribution in [2.45, 2.75) is 44.5 Å². The first kappa shape index (κ1) is 9.48. The lowest BCUT2D eigenvalue weighted by molar-refractivity contribution is -0.141. The van der Waals surface area contributed by atoms with E-state index in [4.69, 9.17) is 9.84 Å². The molecule has 1 rings (SSSR count). The van der Waals surface area contributed by atoms with Crippen LogP contribution in [0.4, 0.5) is 0 Å². The van der Waals surface area contributed by atoms with Crippen LogP contribution in [0.3, 0.4) is 0 Å². The molecule has 4 nitrogen and oxygen atoms in total. The van der Waals surface area contributed by atoms with Crippen LogP contribution in [0.15, 0.2) is 0 Å². The Hall–Kier alpha value is -0.610. The van der Waals surface area contributed by atoms with Gasteiger partial charge in [0.05, 0.1) is 24.7 Å². The fourth-order valence-corrected chi connectivity index (χ4v) is 1.43. The Labute approximate surface area is 71.2 Å². The Bertz CT molecular complexity index is 168. The van der Waals surface area contributed by atoms with Gasteiger partial charge < -0.3 is 14.9 Å².